The fourth-order valence-electron chi connectivity index (χ4n) is 2.70. The number of epoxide rings is 1. The Morgan fingerprint density at radius 1 is 1.28 bits per heavy atom. The predicted molar refractivity (Wildman–Crippen MR) is 93.2 cm³/mol. The van der Waals surface area contributed by atoms with Crippen molar-refractivity contribution in [3.8, 4) is 0 Å². The minimum Gasteiger partial charge on any atom is -0.464 e. The van der Waals surface area contributed by atoms with Crippen LogP contribution in [0.2, 0.25) is 0 Å². The van der Waals surface area contributed by atoms with Crippen LogP contribution in [-0.4, -0.2) is 42.0 Å². The van der Waals surface area contributed by atoms with E-state index in [9.17, 15) is 9.59 Å². The molecule has 1 N–H and O–H groups in total. The minimum atomic E-state index is -1.04. The highest BCUT2D eigenvalue weighted by atomic mass is 16.7. The van der Waals surface area contributed by atoms with Crippen molar-refractivity contribution in [2.24, 2.45) is 0 Å². The maximum atomic E-state index is 12.2. The molecule has 25 heavy (non-hydrogen) atoms. The maximum Gasteiger partial charge on any atom is 0.407 e. The summed E-state index contributed by atoms with van der Waals surface area (Å²) in [6.07, 6.45) is -0.464. The molecule has 138 valence electrons. The van der Waals surface area contributed by atoms with E-state index in [4.69, 9.17) is 14.2 Å². The fraction of sp³-hybridized carbons (Fsp3) is 0.579. The zero-order valence-corrected chi connectivity index (χ0v) is 15.5. The van der Waals surface area contributed by atoms with Crippen LogP contribution in [0.4, 0.5) is 4.79 Å². The quantitative estimate of drug-likeness (QED) is 0.631. The van der Waals surface area contributed by atoms with Gasteiger partial charge in [0.2, 0.25) is 0 Å². The normalized spacial score (nSPS) is 23.5. The van der Waals surface area contributed by atoms with Crippen molar-refractivity contribution in [3.05, 3.63) is 35.9 Å². The van der Waals surface area contributed by atoms with E-state index in [2.05, 4.69) is 5.32 Å². The molecular weight excluding hydrogens is 322 g/mol. The molecule has 0 spiro atoms. The summed E-state index contributed by atoms with van der Waals surface area (Å²) in [5.74, 6) is -0.413. The van der Waals surface area contributed by atoms with Gasteiger partial charge in [-0.2, -0.15) is 0 Å². The number of carbonyl (C=O) groups excluding carboxylic acids is 2. The highest BCUT2D eigenvalue weighted by Gasteiger charge is 2.63. The lowest BCUT2D eigenvalue weighted by molar-refractivity contribution is -0.148. The molecule has 0 bridgehead atoms. The molecule has 1 fully saturated rings. The lowest BCUT2D eigenvalue weighted by atomic mass is 9.96. The van der Waals surface area contributed by atoms with E-state index in [0.717, 1.165) is 5.56 Å². The number of esters is 1. The third-order valence-corrected chi connectivity index (χ3v) is 3.90. The number of alkyl carbamates (subject to hydrolysis) is 1. The molecule has 1 aromatic carbocycles. The highest BCUT2D eigenvalue weighted by molar-refractivity contribution is 5.83. The zero-order chi connectivity index (χ0) is 18.7. The first kappa shape index (κ1) is 19.2. The van der Waals surface area contributed by atoms with Gasteiger partial charge in [0.15, 0.2) is 5.60 Å². The van der Waals surface area contributed by atoms with Gasteiger partial charge < -0.3 is 19.5 Å². The third kappa shape index (κ3) is 5.19. The molecule has 1 heterocycles. The van der Waals surface area contributed by atoms with Gasteiger partial charge in [0.1, 0.15) is 11.7 Å². The van der Waals surface area contributed by atoms with E-state index in [1.54, 1.807) is 34.6 Å². The van der Waals surface area contributed by atoms with Gasteiger partial charge in [0.05, 0.1) is 12.6 Å². The predicted octanol–water partition coefficient (Wildman–Crippen LogP) is 2.84. The van der Waals surface area contributed by atoms with Gasteiger partial charge in [0, 0.05) is 0 Å². The second kappa shape index (κ2) is 7.44. The van der Waals surface area contributed by atoms with Crippen molar-refractivity contribution < 1.29 is 23.8 Å². The molecule has 1 aliphatic rings. The lowest BCUT2D eigenvalue weighted by Gasteiger charge is -2.23. The van der Waals surface area contributed by atoms with Crippen molar-refractivity contribution in [2.75, 3.05) is 6.61 Å². The molecule has 0 saturated carbocycles. The monoisotopic (exact) mass is 349 g/mol. The highest BCUT2D eigenvalue weighted by Crippen LogP contribution is 2.40. The smallest absolute Gasteiger partial charge is 0.407 e. The van der Waals surface area contributed by atoms with Gasteiger partial charge in [-0.05, 0) is 46.6 Å². The first-order chi connectivity index (χ1) is 11.7. The summed E-state index contributed by atoms with van der Waals surface area (Å²) in [5.41, 5.74) is -0.606. The van der Waals surface area contributed by atoms with E-state index in [1.165, 1.54) is 0 Å². The second-order valence-electron chi connectivity index (χ2n) is 7.31. The summed E-state index contributed by atoms with van der Waals surface area (Å²) in [7, 11) is 0. The second-order valence-corrected chi connectivity index (χ2v) is 7.31. The summed E-state index contributed by atoms with van der Waals surface area (Å²) in [4.78, 5) is 24.3. The summed E-state index contributed by atoms with van der Waals surface area (Å²) in [5, 5.41) is 2.84. The third-order valence-electron chi connectivity index (χ3n) is 3.90. The Morgan fingerprint density at radius 2 is 1.92 bits per heavy atom. The van der Waals surface area contributed by atoms with Crippen molar-refractivity contribution in [3.63, 3.8) is 0 Å². The van der Waals surface area contributed by atoms with Gasteiger partial charge in [-0.1, -0.05) is 30.3 Å². The average Bonchev–Trinajstić information content (AvgIpc) is 3.20. The molecule has 6 heteroatoms. The molecule has 0 aromatic heterocycles. The van der Waals surface area contributed by atoms with Crippen molar-refractivity contribution in [2.45, 2.75) is 64.4 Å². The van der Waals surface area contributed by atoms with Crippen molar-refractivity contribution in [1.82, 2.24) is 5.32 Å². The molecule has 2 rings (SSSR count). The van der Waals surface area contributed by atoms with Gasteiger partial charge >= 0.3 is 12.1 Å². The van der Waals surface area contributed by atoms with Crippen LogP contribution in [0.3, 0.4) is 0 Å². The number of benzene rings is 1. The standard InChI is InChI=1S/C19H27NO5/c1-6-23-16(21)19(5)15(24-19)14(12-13-10-8-7-9-11-13)20-17(22)25-18(2,3)4/h7-11,14-15H,6,12H2,1-5H3,(H,20,22). The number of rotatable bonds is 6. The Hall–Kier alpha value is -2.08. The van der Waals surface area contributed by atoms with Crippen LogP contribution >= 0.6 is 0 Å². The van der Waals surface area contributed by atoms with E-state index < -0.39 is 35.4 Å². The first-order valence-electron chi connectivity index (χ1n) is 8.54. The SMILES string of the molecule is CCOC(=O)C1(C)OC1C(Cc1ccccc1)NC(=O)OC(C)(C)C. The molecule has 6 nitrogen and oxygen atoms in total. The Labute approximate surface area is 148 Å². The van der Waals surface area contributed by atoms with Gasteiger partial charge in [-0.15, -0.1) is 0 Å². The van der Waals surface area contributed by atoms with Crippen molar-refractivity contribution in [1.29, 1.82) is 0 Å². The molecule has 1 amide bonds. The van der Waals surface area contributed by atoms with Crippen LogP contribution in [0.25, 0.3) is 0 Å². The summed E-state index contributed by atoms with van der Waals surface area (Å²) in [6, 6.07) is 9.32. The number of nitrogens with one attached hydrogen (secondary N) is 1. The number of hydrogen-bond acceptors (Lipinski definition) is 5. The summed E-state index contributed by atoms with van der Waals surface area (Å²) >= 11 is 0. The molecule has 1 aromatic rings. The molecule has 0 radical (unpaired) electrons. The average molecular weight is 349 g/mol. The molecular formula is C19H27NO5. The Morgan fingerprint density at radius 3 is 2.48 bits per heavy atom. The fourth-order valence-corrected chi connectivity index (χ4v) is 2.70. The van der Waals surface area contributed by atoms with Crippen LogP contribution in [0, 0.1) is 0 Å². The van der Waals surface area contributed by atoms with Crippen LogP contribution in [0.1, 0.15) is 40.2 Å². The van der Waals surface area contributed by atoms with E-state index >= 15 is 0 Å². The Bertz CT molecular complexity index is 610. The molecule has 0 aliphatic carbocycles. The summed E-state index contributed by atoms with van der Waals surface area (Å²) in [6.45, 7) is 9.12. The number of ether oxygens (including phenoxy) is 3. The Balaban J connectivity index is 2.10. The van der Waals surface area contributed by atoms with Gasteiger partial charge in [-0.3, -0.25) is 0 Å². The largest absolute Gasteiger partial charge is 0.464 e. The lowest BCUT2D eigenvalue weighted by Crippen LogP contribution is -2.46. The topological polar surface area (TPSA) is 77.2 Å². The molecule has 1 aliphatic heterocycles. The number of carbonyl (C=O) groups is 2. The summed E-state index contributed by atoms with van der Waals surface area (Å²) < 4.78 is 16.1. The van der Waals surface area contributed by atoms with E-state index in [-0.39, 0.29) is 6.61 Å². The van der Waals surface area contributed by atoms with Crippen molar-refractivity contribution >= 4 is 12.1 Å². The Kier molecular flexibility index (Phi) is 5.72. The van der Waals surface area contributed by atoms with E-state index in [1.807, 2.05) is 30.3 Å². The number of hydrogen-bond donors (Lipinski definition) is 1. The van der Waals surface area contributed by atoms with E-state index in [0.29, 0.717) is 6.42 Å². The van der Waals surface area contributed by atoms with Crippen LogP contribution in [-0.2, 0) is 25.4 Å². The van der Waals surface area contributed by atoms with Crippen LogP contribution < -0.4 is 5.32 Å². The maximum absolute atomic E-state index is 12.2. The molecule has 3 unspecified atom stereocenters. The molecule has 1 saturated heterocycles. The first-order valence-corrected chi connectivity index (χ1v) is 8.54. The zero-order valence-electron chi connectivity index (χ0n) is 15.5. The molecule has 3 atom stereocenters. The van der Waals surface area contributed by atoms with Gasteiger partial charge in [0.25, 0.3) is 0 Å². The van der Waals surface area contributed by atoms with Crippen LogP contribution in [0.5, 0.6) is 0 Å². The minimum absolute atomic E-state index is 0.285. The van der Waals surface area contributed by atoms with Gasteiger partial charge in [-0.25, -0.2) is 9.59 Å². The van der Waals surface area contributed by atoms with Crippen LogP contribution in [0.15, 0.2) is 30.3 Å². The number of amides is 1.